The molecule has 0 aliphatic heterocycles. The number of nitrogens with two attached hydrogens (primary N) is 1. The summed E-state index contributed by atoms with van der Waals surface area (Å²) in [6.45, 7) is 3.52. The maximum atomic E-state index is 11.5. The topological polar surface area (TPSA) is 69.4 Å². The van der Waals surface area contributed by atoms with Gasteiger partial charge in [-0.1, -0.05) is 12.1 Å². The smallest absolute Gasteiger partial charge is 0.164 e. The summed E-state index contributed by atoms with van der Waals surface area (Å²) in [5.74, 6) is 0.0897. The Labute approximate surface area is 94.4 Å². The van der Waals surface area contributed by atoms with Crippen LogP contribution in [-0.4, -0.2) is 24.7 Å². The van der Waals surface area contributed by atoms with Crippen LogP contribution in [-0.2, 0) is 0 Å². The predicted molar refractivity (Wildman–Crippen MR) is 61.0 cm³/mol. The Morgan fingerprint density at radius 3 is 2.44 bits per heavy atom. The van der Waals surface area contributed by atoms with Crippen LogP contribution in [0.3, 0.4) is 0 Å². The standard InChI is InChI=1S/C12H15NO3/c1-8(14)10-4-3-5-11(16-7-6-13)12(10)9(2)15/h3-5H,6-7,13H2,1-2H3. The molecule has 0 unspecified atom stereocenters. The minimum Gasteiger partial charge on any atom is -0.491 e. The van der Waals surface area contributed by atoms with E-state index in [4.69, 9.17) is 10.5 Å². The zero-order chi connectivity index (χ0) is 12.1. The first-order valence-electron chi connectivity index (χ1n) is 5.05. The number of carbonyl (C=O) groups is 2. The third-order valence-electron chi connectivity index (χ3n) is 2.13. The molecule has 2 N–H and O–H groups in total. The predicted octanol–water partition coefficient (Wildman–Crippen LogP) is 1.43. The molecule has 0 spiro atoms. The summed E-state index contributed by atoms with van der Waals surface area (Å²) in [5.41, 5.74) is 6.05. The minimum atomic E-state index is -0.183. The molecule has 0 aromatic heterocycles. The largest absolute Gasteiger partial charge is 0.491 e. The second-order valence-corrected chi connectivity index (χ2v) is 3.43. The SMILES string of the molecule is CC(=O)c1cccc(OCCN)c1C(C)=O. The third-order valence-corrected chi connectivity index (χ3v) is 2.13. The summed E-state index contributed by atoms with van der Waals surface area (Å²) >= 11 is 0. The molecule has 0 saturated carbocycles. The van der Waals surface area contributed by atoms with Crippen molar-refractivity contribution in [2.45, 2.75) is 13.8 Å². The summed E-state index contributed by atoms with van der Waals surface area (Å²) in [5, 5.41) is 0. The lowest BCUT2D eigenvalue weighted by molar-refractivity contribution is 0.0977. The molecule has 1 rings (SSSR count). The fraction of sp³-hybridized carbons (Fsp3) is 0.333. The lowest BCUT2D eigenvalue weighted by Gasteiger charge is -2.11. The normalized spacial score (nSPS) is 9.94. The molecule has 0 amide bonds. The van der Waals surface area contributed by atoms with Crippen LogP contribution in [0.2, 0.25) is 0 Å². The highest BCUT2D eigenvalue weighted by Crippen LogP contribution is 2.23. The van der Waals surface area contributed by atoms with Gasteiger partial charge in [-0.2, -0.15) is 0 Å². The van der Waals surface area contributed by atoms with E-state index in [9.17, 15) is 9.59 Å². The third kappa shape index (κ3) is 2.67. The molecule has 1 aromatic rings. The van der Waals surface area contributed by atoms with Gasteiger partial charge in [-0.05, 0) is 19.9 Å². The van der Waals surface area contributed by atoms with Crippen molar-refractivity contribution in [3.63, 3.8) is 0 Å². The van der Waals surface area contributed by atoms with E-state index < -0.39 is 0 Å². The van der Waals surface area contributed by atoms with Gasteiger partial charge in [-0.3, -0.25) is 9.59 Å². The maximum Gasteiger partial charge on any atom is 0.164 e. The average Bonchev–Trinajstić information content (AvgIpc) is 2.25. The highest BCUT2D eigenvalue weighted by atomic mass is 16.5. The van der Waals surface area contributed by atoms with Gasteiger partial charge in [0.2, 0.25) is 0 Å². The van der Waals surface area contributed by atoms with Crippen LogP contribution < -0.4 is 10.5 Å². The van der Waals surface area contributed by atoms with E-state index in [2.05, 4.69) is 0 Å². The molecule has 0 atom stereocenters. The fourth-order valence-corrected chi connectivity index (χ4v) is 1.48. The monoisotopic (exact) mass is 221 g/mol. The van der Waals surface area contributed by atoms with Crippen molar-refractivity contribution >= 4 is 11.6 Å². The van der Waals surface area contributed by atoms with Gasteiger partial charge in [0, 0.05) is 12.1 Å². The van der Waals surface area contributed by atoms with Gasteiger partial charge in [0.05, 0.1) is 5.56 Å². The highest BCUT2D eigenvalue weighted by Gasteiger charge is 2.16. The molecule has 86 valence electrons. The molecule has 0 heterocycles. The molecule has 0 radical (unpaired) electrons. The summed E-state index contributed by atoms with van der Waals surface area (Å²) in [7, 11) is 0. The number of benzene rings is 1. The first-order chi connectivity index (χ1) is 7.57. The van der Waals surface area contributed by atoms with Crippen LogP contribution in [0.15, 0.2) is 18.2 Å². The van der Waals surface area contributed by atoms with E-state index >= 15 is 0 Å². The Morgan fingerprint density at radius 1 is 1.25 bits per heavy atom. The van der Waals surface area contributed by atoms with Gasteiger partial charge in [0.15, 0.2) is 11.6 Å². The molecule has 0 aliphatic carbocycles. The van der Waals surface area contributed by atoms with Crippen LogP contribution in [0, 0.1) is 0 Å². The number of hydrogen-bond acceptors (Lipinski definition) is 4. The number of ether oxygens (including phenoxy) is 1. The van der Waals surface area contributed by atoms with Gasteiger partial charge in [0.1, 0.15) is 12.4 Å². The van der Waals surface area contributed by atoms with E-state index in [0.29, 0.717) is 30.0 Å². The minimum absolute atomic E-state index is 0.150. The van der Waals surface area contributed by atoms with E-state index in [0.717, 1.165) is 0 Å². The zero-order valence-corrected chi connectivity index (χ0v) is 9.45. The van der Waals surface area contributed by atoms with Crippen molar-refractivity contribution in [2.75, 3.05) is 13.2 Å². The van der Waals surface area contributed by atoms with Crippen LogP contribution in [0.5, 0.6) is 5.75 Å². The Hall–Kier alpha value is -1.68. The van der Waals surface area contributed by atoms with Crippen molar-refractivity contribution in [1.29, 1.82) is 0 Å². The number of ketones is 2. The van der Waals surface area contributed by atoms with Crippen LogP contribution in [0.1, 0.15) is 34.6 Å². The first-order valence-corrected chi connectivity index (χ1v) is 5.05. The molecular formula is C12H15NO3. The molecule has 0 fully saturated rings. The first kappa shape index (κ1) is 12.4. The van der Waals surface area contributed by atoms with E-state index in [1.165, 1.54) is 13.8 Å². The molecule has 4 heteroatoms. The number of rotatable bonds is 5. The quantitative estimate of drug-likeness (QED) is 0.763. The fourth-order valence-electron chi connectivity index (χ4n) is 1.48. The Morgan fingerprint density at radius 2 is 1.94 bits per heavy atom. The van der Waals surface area contributed by atoms with Crippen molar-refractivity contribution in [1.82, 2.24) is 0 Å². The molecule has 1 aromatic carbocycles. The van der Waals surface area contributed by atoms with Crippen LogP contribution in [0.4, 0.5) is 0 Å². The number of hydrogen-bond donors (Lipinski definition) is 1. The van der Waals surface area contributed by atoms with E-state index in [1.807, 2.05) is 0 Å². The maximum absolute atomic E-state index is 11.5. The molecule has 16 heavy (non-hydrogen) atoms. The van der Waals surface area contributed by atoms with Gasteiger partial charge in [-0.15, -0.1) is 0 Å². The summed E-state index contributed by atoms with van der Waals surface area (Å²) < 4.78 is 5.34. The molecule has 4 nitrogen and oxygen atoms in total. The number of carbonyl (C=O) groups excluding carboxylic acids is 2. The average molecular weight is 221 g/mol. The summed E-state index contributed by atoms with van der Waals surface area (Å²) in [4.78, 5) is 22.9. The Bertz CT molecular complexity index is 413. The Balaban J connectivity index is 3.21. The highest BCUT2D eigenvalue weighted by molar-refractivity contribution is 6.08. The summed E-state index contributed by atoms with van der Waals surface area (Å²) in [6, 6.07) is 4.97. The van der Waals surface area contributed by atoms with E-state index in [-0.39, 0.29) is 11.6 Å². The molecular weight excluding hydrogens is 206 g/mol. The van der Waals surface area contributed by atoms with Crippen molar-refractivity contribution < 1.29 is 14.3 Å². The van der Waals surface area contributed by atoms with Crippen molar-refractivity contribution in [3.8, 4) is 5.75 Å². The lowest BCUT2D eigenvalue weighted by Crippen LogP contribution is -2.14. The van der Waals surface area contributed by atoms with Gasteiger partial charge in [0.25, 0.3) is 0 Å². The molecule has 0 bridgehead atoms. The molecule has 0 saturated heterocycles. The summed E-state index contributed by atoms with van der Waals surface area (Å²) in [6.07, 6.45) is 0. The van der Waals surface area contributed by atoms with Gasteiger partial charge in [-0.25, -0.2) is 0 Å². The van der Waals surface area contributed by atoms with Crippen LogP contribution >= 0.6 is 0 Å². The Kier molecular flexibility index (Phi) is 4.19. The van der Waals surface area contributed by atoms with Crippen molar-refractivity contribution in [2.24, 2.45) is 5.73 Å². The second kappa shape index (κ2) is 5.42. The lowest BCUT2D eigenvalue weighted by atomic mass is 10.0. The van der Waals surface area contributed by atoms with Gasteiger partial charge < -0.3 is 10.5 Å². The molecule has 0 aliphatic rings. The van der Waals surface area contributed by atoms with E-state index in [1.54, 1.807) is 18.2 Å². The second-order valence-electron chi connectivity index (χ2n) is 3.43. The zero-order valence-electron chi connectivity index (χ0n) is 9.45. The number of Topliss-reactive ketones (excluding diaryl/α,β-unsaturated/α-hetero) is 2. The van der Waals surface area contributed by atoms with Crippen molar-refractivity contribution in [3.05, 3.63) is 29.3 Å². The van der Waals surface area contributed by atoms with Gasteiger partial charge >= 0.3 is 0 Å². The van der Waals surface area contributed by atoms with Crippen LogP contribution in [0.25, 0.3) is 0 Å².